The van der Waals surface area contributed by atoms with E-state index < -0.39 is 0 Å². The molecule has 0 aromatic carbocycles. The summed E-state index contributed by atoms with van der Waals surface area (Å²) in [7, 11) is 0. The minimum atomic E-state index is 0.930. The average molecular weight is 98.1 g/mol. The second kappa shape index (κ2) is 2.01. The predicted molar refractivity (Wildman–Crippen MR) is 28.9 cm³/mol. The van der Waals surface area contributed by atoms with Gasteiger partial charge in [0.15, 0.2) is 0 Å². The maximum atomic E-state index is 5.16. The van der Waals surface area contributed by atoms with Crippen molar-refractivity contribution < 1.29 is 4.74 Å². The van der Waals surface area contributed by atoms with Crippen molar-refractivity contribution in [3.63, 3.8) is 0 Å². The third kappa shape index (κ3) is 0.952. The van der Waals surface area contributed by atoms with E-state index in [0.717, 1.165) is 13.0 Å². The Kier molecular flexibility index (Phi) is 1.35. The minimum absolute atomic E-state index is 0.930. The minimum Gasteiger partial charge on any atom is -0.498 e. The van der Waals surface area contributed by atoms with Crippen molar-refractivity contribution in [2.24, 2.45) is 0 Å². The van der Waals surface area contributed by atoms with E-state index in [1.807, 2.05) is 13.0 Å². The van der Waals surface area contributed by atoms with Gasteiger partial charge in [-0.1, -0.05) is 0 Å². The lowest BCUT2D eigenvalue weighted by Crippen LogP contribution is -1.74. The molecule has 0 aliphatic carbocycles. The summed E-state index contributed by atoms with van der Waals surface area (Å²) in [5.74, 6) is 1.17. The Morgan fingerprint density at radius 1 is 1.71 bits per heavy atom. The molecule has 1 nitrogen and oxygen atoms in total. The van der Waals surface area contributed by atoms with E-state index in [-0.39, 0.29) is 0 Å². The largest absolute Gasteiger partial charge is 0.498 e. The van der Waals surface area contributed by atoms with Gasteiger partial charge in [-0.2, -0.15) is 0 Å². The fraction of sp³-hybridized carbons (Fsp3) is 0.667. The first kappa shape index (κ1) is 4.69. The molecule has 0 radical (unpaired) electrons. The average Bonchev–Trinajstić information content (AvgIpc) is 2.14. The van der Waals surface area contributed by atoms with Crippen molar-refractivity contribution in [3.8, 4) is 0 Å². The second-order valence-electron chi connectivity index (χ2n) is 1.71. The maximum absolute atomic E-state index is 5.16. The van der Waals surface area contributed by atoms with Crippen LogP contribution in [0.15, 0.2) is 11.8 Å². The third-order valence-corrected chi connectivity index (χ3v) is 1.18. The molecule has 0 aromatic heterocycles. The van der Waals surface area contributed by atoms with Crippen LogP contribution in [0.2, 0.25) is 0 Å². The lowest BCUT2D eigenvalue weighted by atomic mass is 10.3. The van der Waals surface area contributed by atoms with Crippen LogP contribution in [0, 0.1) is 0 Å². The van der Waals surface area contributed by atoms with Gasteiger partial charge in [-0.05, 0) is 19.4 Å². The zero-order valence-electron chi connectivity index (χ0n) is 4.61. The van der Waals surface area contributed by atoms with Crippen LogP contribution in [0.3, 0.4) is 0 Å². The number of ether oxygens (including phenoxy) is 1. The Morgan fingerprint density at radius 2 is 2.57 bits per heavy atom. The van der Waals surface area contributed by atoms with Gasteiger partial charge in [-0.25, -0.2) is 0 Å². The molecule has 40 valence electrons. The van der Waals surface area contributed by atoms with E-state index in [4.69, 9.17) is 4.74 Å². The first-order valence-electron chi connectivity index (χ1n) is 2.71. The molecule has 1 aliphatic rings. The van der Waals surface area contributed by atoms with Crippen LogP contribution in [0.25, 0.3) is 0 Å². The van der Waals surface area contributed by atoms with Gasteiger partial charge in [0.2, 0.25) is 0 Å². The summed E-state index contributed by atoms with van der Waals surface area (Å²) in [6, 6.07) is 0. The molecule has 7 heavy (non-hydrogen) atoms. The molecule has 0 unspecified atom stereocenters. The van der Waals surface area contributed by atoms with E-state index >= 15 is 0 Å². The van der Waals surface area contributed by atoms with E-state index in [1.165, 1.54) is 12.2 Å². The molecule has 0 amide bonds. The van der Waals surface area contributed by atoms with Crippen molar-refractivity contribution in [1.29, 1.82) is 0 Å². The zero-order valence-corrected chi connectivity index (χ0v) is 4.61. The number of allylic oxidation sites excluding steroid dienone is 2. The maximum Gasteiger partial charge on any atom is 0.0918 e. The highest BCUT2D eigenvalue weighted by molar-refractivity contribution is 4.93. The topological polar surface area (TPSA) is 9.23 Å². The highest BCUT2D eigenvalue weighted by atomic mass is 16.5. The normalized spacial score (nSPS) is 25.6. The van der Waals surface area contributed by atoms with E-state index in [9.17, 15) is 0 Å². The van der Waals surface area contributed by atoms with Crippen LogP contribution in [-0.4, -0.2) is 6.61 Å². The lowest BCUT2D eigenvalue weighted by molar-refractivity contribution is 0.263. The smallest absolute Gasteiger partial charge is 0.0918 e. The van der Waals surface area contributed by atoms with Gasteiger partial charge in [0.05, 0.1) is 12.4 Å². The van der Waals surface area contributed by atoms with E-state index in [0.29, 0.717) is 0 Å². The molecule has 1 heterocycles. The molecular weight excluding hydrogens is 88.1 g/mol. The standard InChI is InChI=1S/C6H10O/c1-2-6-4-3-5-7-6/h2H,3-5H2,1H3. The molecule has 1 aliphatic heterocycles. The van der Waals surface area contributed by atoms with Crippen LogP contribution in [0.5, 0.6) is 0 Å². The van der Waals surface area contributed by atoms with Gasteiger partial charge in [0.25, 0.3) is 0 Å². The molecule has 0 spiro atoms. The summed E-state index contributed by atoms with van der Waals surface area (Å²) in [6.45, 7) is 2.94. The van der Waals surface area contributed by atoms with Crippen molar-refractivity contribution in [2.45, 2.75) is 19.8 Å². The van der Waals surface area contributed by atoms with Gasteiger partial charge in [0, 0.05) is 6.42 Å². The summed E-state index contributed by atoms with van der Waals surface area (Å²) in [5, 5.41) is 0. The van der Waals surface area contributed by atoms with Gasteiger partial charge in [-0.15, -0.1) is 0 Å². The van der Waals surface area contributed by atoms with Crippen LogP contribution in [0.4, 0.5) is 0 Å². The first-order chi connectivity index (χ1) is 3.43. The SMILES string of the molecule is CC=C1CCCO1. The molecular formula is C6H10O. The van der Waals surface area contributed by atoms with Gasteiger partial charge < -0.3 is 4.74 Å². The molecule has 0 atom stereocenters. The Hall–Kier alpha value is -0.460. The number of hydrogen-bond donors (Lipinski definition) is 0. The number of hydrogen-bond acceptors (Lipinski definition) is 1. The van der Waals surface area contributed by atoms with Gasteiger partial charge >= 0.3 is 0 Å². The zero-order chi connectivity index (χ0) is 5.11. The summed E-state index contributed by atoms with van der Waals surface area (Å²) in [4.78, 5) is 0. The molecule has 0 saturated carbocycles. The van der Waals surface area contributed by atoms with Crippen molar-refractivity contribution in [2.75, 3.05) is 6.61 Å². The molecule has 0 bridgehead atoms. The summed E-state index contributed by atoms with van der Waals surface area (Å²) < 4.78 is 5.16. The monoisotopic (exact) mass is 98.1 g/mol. The fourth-order valence-corrected chi connectivity index (χ4v) is 0.750. The van der Waals surface area contributed by atoms with Crippen molar-refractivity contribution >= 4 is 0 Å². The summed E-state index contributed by atoms with van der Waals surface area (Å²) in [6.07, 6.45) is 4.39. The fourth-order valence-electron chi connectivity index (χ4n) is 0.750. The van der Waals surface area contributed by atoms with Crippen molar-refractivity contribution in [3.05, 3.63) is 11.8 Å². The van der Waals surface area contributed by atoms with E-state index in [2.05, 4.69) is 0 Å². The van der Waals surface area contributed by atoms with Gasteiger partial charge in [0.1, 0.15) is 0 Å². The van der Waals surface area contributed by atoms with Crippen molar-refractivity contribution in [1.82, 2.24) is 0 Å². The first-order valence-corrected chi connectivity index (χ1v) is 2.71. The molecule has 0 N–H and O–H groups in total. The van der Waals surface area contributed by atoms with Crippen LogP contribution in [0.1, 0.15) is 19.8 Å². The summed E-state index contributed by atoms with van der Waals surface area (Å²) >= 11 is 0. The molecule has 1 rings (SSSR count). The van der Waals surface area contributed by atoms with Crippen LogP contribution < -0.4 is 0 Å². The van der Waals surface area contributed by atoms with Crippen LogP contribution in [-0.2, 0) is 4.74 Å². The Bertz CT molecular complexity index is 76.2. The lowest BCUT2D eigenvalue weighted by Gasteiger charge is -1.91. The number of rotatable bonds is 0. The molecule has 1 saturated heterocycles. The summed E-state index contributed by atoms with van der Waals surface area (Å²) in [5.41, 5.74) is 0. The van der Waals surface area contributed by atoms with E-state index in [1.54, 1.807) is 0 Å². The Labute approximate surface area is 44.0 Å². The third-order valence-electron chi connectivity index (χ3n) is 1.18. The quantitative estimate of drug-likeness (QED) is 0.448. The Morgan fingerprint density at radius 3 is 2.86 bits per heavy atom. The highest BCUT2D eigenvalue weighted by Crippen LogP contribution is 2.14. The molecule has 1 fully saturated rings. The van der Waals surface area contributed by atoms with Crippen LogP contribution >= 0.6 is 0 Å². The highest BCUT2D eigenvalue weighted by Gasteiger charge is 2.03. The second-order valence-corrected chi connectivity index (χ2v) is 1.71. The Balaban J connectivity index is 2.41. The molecule has 1 heteroatoms. The van der Waals surface area contributed by atoms with Gasteiger partial charge in [-0.3, -0.25) is 0 Å². The molecule has 0 aromatic rings. The predicted octanol–water partition coefficient (Wildman–Crippen LogP) is 1.70.